The Hall–Kier alpha value is -2.55. The zero-order valence-corrected chi connectivity index (χ0v) is 53.5. The molecule has 0 aliphatic carbocycles. The van der Waals surface area contributed by atoms with Crippen LogP contribution in [0.4, 0.5) is 0 Å². The van der Waals surface area contributed by atoms with Crippen molar-refractivity contribution in [2.45, 2.75) is 315 Å². The lowest BCUT2D eigenvalue weighted by molar-refractivity contribution is -0.870. The molecule has 0 radical (unpaired) electrons. The number of quaternary nitrogens is 1. The van der Waals surface area contributed by atoms with Gasteiger partial charge < -0.3 is 19.4 Å². The first-order valence-electron chi connectivity index (χ1n) is 33.3. The summed E-state index contributed by atoms with van der Waals surface area (Å²) in [7, 11) is 1.49. The third-order valence-electron chi connectivity index (χ3n) is 14.6. The number of unbranched alkanes of at least 4 members (excludes halogenated alkanes) is 34. The lowest BCUT2D eigenvalue weighted by Gasteiger charge is -2.27. The molecule has 0 aliphatic heterocycles. The highest BCUT2D eigenvalue weighted by Crippen LogP contribution is 2.43. The van der Waals surface area contributed by atoms with Gasteiger partial charge >= 0.3 is 13.8 Å². The van der Waals surface area contributed by atoms with Gasteiger partial charge in [0.1, 0.15) is 19.3 Å². The molecule has 0 heterocycles. The molecule has 2 N–H and O–H groups in total. The molecular formula is C69H128N2O7P+. The van der Waals surface area contributed by atoms with Crippen LogP contribution in [-0.2, 0) is 27.9 Å². The van der Waals surface area contributed by atoms with E-state index in [1.54, 1.807) is 0 Å². The molecule has 0 fully saturated rings. The number of carbonyl (C=O) groups excluding carboxylic acids is 2. The molecule has 9 nitrogen and oxygen atoms in total. The van der Waals surface area contributed by atoms with Crippen molar-refractivity contribution in [3.05, 3.63) is 72.9 Å². The van der Waals surface area contributed by atoms with Gasteiger partial charge in [0.05, 0.1) is 33.8 Å². The molecule has 1 amide bonds. The van der Waals surface area contributed by atoms with E-state index in [1.165, 1.54) is 180 Å². The van der Waals surface area contributed by atoms with Gasteiger partial charge in [0.2, 0.25) is 5.91 Å². The van der Waals surface area contributed by atoms with Gasteiger partial charge in [-0.3, -0.25) is 18.6 Å². The van der Waals surface area contributed by atoms with Crippen molar-refractivity contribution in [2.24, 2.45) is 0 Å². The fourth-order valence-corrected chi connectivity index (χ4v) is 10.2. The van der Waals surface area contributed by atoms with Crippen molar-refractivity contribution < 1.29 is 37.3 Å². The number of phosphoric ester groups is 1. The van der Waals surface area contributed by atoms with Crippen LogP contribution in [0.2, 0.25) is 0 Å². The largest absolute Gasteiger partial charge is 0.472 e. The van der Waals surface area contributed by atoms with Gasteiger partial charge in [-0.05, 0) is 102 Å². The molecule has 0 bridgehead atoms. The van der Waals surface area contributed by atoms with Gasteiger partial charge in [-0.15, -0.1) is 0 Å². The van der Waals surface area contributed by atoms with E-state index in [9.17, 15) is 19.0 Å². The van der Waals surface area contributed by atoms with E-state index in [0.717, 1.165) is 89.9 Å². The Morgan fingerprint density at radius 3 is 1.18 bits per heavy atom. The Morgan fingerprint density at radius 1 is 0.443 bits per heavy atom. The fraction of sp³-hybridized carbons (Fsp3) is 0.797. The second-order valence-electron chi connectivity index (χ2n) is 23.6. The molecule has 460 valence electrons. The van der Waals surface area contributed by atoms with Crippen LogP contribution >= 0.6 is 7.82 Å². The second-order valence-corrected chi connectivity index (χ2v) is 25.1. The standard InChI is InChI=1S/C69H127N2O7P/c1-7-10-13-16-19-22-25-28-30-32-33-34-35-36-37-39-40-43-46-49-52-55-58-61-68(72)70-66(65-77-79(74,75)76-64-63-71(4,5)6)67(60-57-54-51-48-45-42-27-24-21-18-15-12-9-3)78-69(73)62-59-56-53-50-47-44-41-38-31-29-26-23-20-17-14-11-8-2/h19-20,22-23,28-31,33-34,57,60,66-67H,7-18,21,24-27,32,35-56,58-59,61-65H2,1-6H3,(H-,70,72,74,75)/p+1/b22-19-,23-20-,30-28-,31-29-,34-33-,60-57-. The van der Waals surface area contributed by atoms with Crippen LogP contribution in [0.3, 0.4) is 0 Å². The summed E-state index contributed by atoms with van der Waals surface area (Å²) >= 11 is 0. The lowest BCUT2D eigenvalue weighted by Crippen LogP contribution is -2.47. The van der Waals surface area contributed by atoms with Crippen LogP contribution in [0.15, 0.2) is 72.9 Å². The van der Waals surface area contributed by atoms with Gasteiger partial charge in [0, 0.05) is 12.8 Å². The lowest BCUT2D eigenvalue weighted by atomic mass is 10.0. The quantitative estimate of drug-likeness (QED) is 0.0205. The second kappa shape index (κ2) is 58.6. The van der Waals surface area contributed by atoms with Gasteiger partial charge in [-0.2, -0.15) is 0 Å². The van der Waals surface area contributed by atoms with Gasteiger partial charge in [0.25, 0.3) is 0 Å². The number of hydrogen-bond donors (Lipinski definition) is 2. The third-order valence-corrected chi connectivity index (χ3v) is 15.6. The first-order valence-corrected chi connectivity index (χ1v) is 34.8. The third kappa shape index (κ3) is 59.9. The summed E-state index contributed by atoms with van der Waals surface area (Å²) in [6.45, 7) is 6.98. The number of allylic oxidation sites excluding steroid dienone is 11. The number of hydrogen-bond acceptors (Lipinski definition) is 6. The van der Waals surface area contributed by atoms with Crippen molar-refractivity contribution in [3.8, 4) is 0 Å². The maximum absolute atomic E-state index is 13.6. The minimum Gasteiger partial charge on any atom is -0.456 e. The van der Waals surface area contributed by atoms with E-state index in [1.807, 2.05) is 33.3 Å². The highest BCUT2D eigenvalue weighted by atomic mass is 31.2. The average molecular weight is 1130 g/mol. The SMILES string of the molecule is CCCCC/C=C\C/C=C\C/C=C\CCCCCCCCCCCCC(=O)NC(COP(=O)(O)OCC[N+](C)(C)C)C(/C=C\CCCCCCCCCCCCC)OC(=O)CCCCCCCCC/C=C\C/C=C\CCCCC. The van der Waals surface area contributed by atoms with Crippen molar-refractivity contribution in [1.82, 2.24) is 5.32 Å². The number of ether oxygens (including phenoxy) is 1. The molecule has 3 unspecified atom stereocenters. The molecule has 0 aromatic rings. The molecule has 0 rings (SSSR count). The number of likely N-dealkylation sites (N-methyl/N-ethyl adjacent to an activating group) is 1. The summed E-state index contributed by atoms with van der Waals surface area (Å²) in [5.41, 5.74) is 0. The van der Waals surface area contributed by atoms with Crippen LogP contribution < -0.4 is 5.32 Å². The monoisotopic (exact) mass is 1130 g/mol. The van der Waals surface area contributed by atoms with Crippen molar-refractivity contribution in [2.75, 3.05) is 40.9 Å². The normalized spacial score (nSPS) is 14.1. The Balaban J connectivity index is 5.20. The summed E-state index contributed by atoms with van der Waals surface area (Å²) in [6.07, 6.45) is 76.1. The van der Waals surface area contributed by atoms with Crippen LogP contribution in [0.1, 0.15) is 303 Å². The number of nitrogens with zero attached hydrogens (tertiary/aromatic N) is 1. The molecule has 0 saturated carbocycles. The molecule has 10 heteroatoms. The number of esters is 1. The maximum Gasteiger partial charge on any atom is 0.472 e. The zero-order valence-electron chi connectivity index (χ0n) is 52.6. The van der Waals surface area contributed by atoms with E-state index in [0.29, 0.717) is 17.4 Å². The summed E-state index contributed by atoms with van der Waals surface area (Å²) in [4.78, 5) is 37.8. The molecular weight excluding hydrogens is 1000 g/mol. The number of carbonyl (C=O) groups is 2. The van der Waals surface area contributed by atoms with Crippen molar-refractivity contribution >= 4 is 19.7 Å². The van der Waals surface area contributed by atoms with E-state index < -0.39 is 20.0 Å². The van der Waals surface area contributed by atoms with Crippen molar-refractivity contribution in [3.63, 3.8) is 0 Å². The molecule has 3 atom stereocenters. The minimum atomic E-state index is -4.46. The predicted molar refractivity (Wildman–Crippen MR) is 341 cm³/mol. The van der Waals surface area contributed by atoms with Gasteiger partial charge in [-0.25, -0.2) is 4.57 Å². The number of rotatable bonds is 60. The van der Waals surface area contributed by atoms with Gasteiger partial charge in [-0.1, -0.05) is 261 Å². The predicted octanol–water partition coefficient (Wildman–Crippen LogP) is 20.8. The highest BCUT2D eigenvalue weighted by molar-refractivity contribution is 7.47. The Morgan fingerprint density at radius 2 is 0.772 bits per heavy atom. The summed E-state index contributed by atoms with van der Waals surface area (Å²) in [5, 5.41) is 3.06. The van der Waals surface area contributed by atoms with E-state index in [-0.39, 0.29) is 31.5 Å². The molecule has 0 aromatic carbocycles. The molecule has 79 heavy (non-hydrogen) atoms. The summed E-state index contributed by atoms with van der Waals surface area (Å²) in [5.74, 6) is -0.513. The van der Waals surface area contributed by atoms with E-state index in [2.05, 4.69) is 86.8 Å². The smallest absolute Gasteiger partial charge is 0.456 e. The average Bonchev–Trinajstić information content (AvgIpc) is 3.41. The number of nitrogens with one attached hydrogen (secondary N) is 1. The molecule has 0 aromatic heterocycles. The van der Waals surface area contributed by atoms with Gasteiger partial charge in [0.15, 0.2) is 0 Å². The number of amides is 1. The van der Waals surface area contributed by atoms with Crippen LogP contribution in [0.5, 0.6) is 0 Å². The summed E-state index contributed by atoms with van der Waals surface area (Å²) < 4.78 is 30.8. The minimum absolute atomic E-state index is 0.0363. The topological polar surface area (TPSA) is 111 Å². The Labute approximate surface area is 489 Å². The Kier molecular flexibility index (Phi) is 56.7. The van der Waals surface area contributed by atoms with Crippen LogP contribution in [0.25, 0.3) is 0 Å². The number of phosphoric acid groups is 1. The van der Waals surface area contributed by atoms with E-state index >= 15 is 0 Å². The zero-order chi connectivity index (χ0) is 57.9. The van der Waals surface area contributed by atoms with Crippen LogP contribution in [0, 0.1) is 0 Å². The van der Waals surface area contributed by atoms with E-state index in [4.69, 9.17) is 13.8 Å². The fourth-order valence-electron chi connectivity index (χ4n) is 9.45. The first kappa shape index (κ1) is 76.5. The maximum atomic E-state index is 13.6. The molecule has 0 spiro atoms. The first-order chi connectivity index (χ1) is 38.4. The molecule has 0 saturated heterocycles. The van der Waals surface area contributed by atoms with Crippen molar-refractivity contribution in [1.29, 1.82) is 0 Å². The molecule has 0 aliphatic rings. The summed E-state index contributed by atoms with van der Waals surface area (Å²) in [6, 6.07) is -0.857. The highest BCUT2D eigenvalue weighted by Gasteiger charge is 2.30. The Bertz CT molecular complexity index is 1580. The van der Waals surface area contributed by atoms with Crippen LogP contribution in [-0.4, -0.2) is 74.3 Å².